The van der Waals surface area contributed by atoms with Gasteiger partial charge in [0.05, 0.1) is 13.2 Å². The zero-order valence-electron chi connectivity index (χ0n) is 17.7. The first kappa shape index (κ1) is 22.2. The molecule has 0 aliphatic carbocycles. The van der Waals surface area contributed by atoms with Crippen molar-refractivity contribution >= 4 is 12.1 Å². The number of nitrogens with one attached hydrogen (secondary N) is 1. The first-order valence-electron chi connectivity index (χ1n) is 9.58. The van der Waals surface area contributed by atoms with Crippen molar-refractivity contribution in [3.8, 4) is 11.1 Å². The minimum Gasteiger partial charge on any atom is -0.466 e. The van der Waals surface area contributed by atoms with E-state index in [4.69, 9.17) is 9.47 Å². The SMILES string of the molecule is COC(=O)/C(C)=C/[C@@H](Cc1ccc(-c2ccccc2)cc1)NC(=O)OC(C)(C)C. The lowest BCUT2D eigenvalue weighted by molar-refractivity contribution is -0.136. The third-order valence-electron chi connectivity index (χ3n) is 4.18. The van der Waals surface area contributed by atoms with Crippen LogP contribution in [-0.4, -0.2) is 30.8 Å². The van der Waals surface area contributed by atoms with Gasteiger partial charge >= 0.3 is 12.1 Å². The van der Waals surface area contributed by atoms with Crippen LogP contribution in [0.1, 0.15) is 33.3 Å². The van der Waals surface area contributed by atoms with Crippen molar-refractivity contribution in [3.63, 3.8) is 0 Å². The summed E-state index contributed by atoms with van der Waals surface area (Å²) in [5.41, 5.74) is 3.11. The summed E-state index contributed by atoms with van der Waals surface area (Å²) in [7, 11) is 1.33. The molecule has 0 radical (unpaired) electrons. The molecule has 0 fully saturated rings. The van der Waals surface area contributed by atoms with Gasteiger partial charge in [-0.3, -0.25) is 0 Å². The van der Waals surface area contributed by atoms with Crippen LogP contribution >= 0.6 is 0 Å². The molecule has 0 unspecified atom stereocenters. The second-order valence-corrected chi connectivity index (χ2v) is 7.86. The van der Waals surface area contributed by atoms with Gasteiger partial charge in [0.15, 0.2) is 0 Å². The summed E-state index contributed by atoms with van der Waals surface area (Å²) in [6.45, 7) is 7.08. The summed E-state index contributed by atoms with van der Waals surface area (Å²) in [4.78, 5) is 24.0. The lowest BCUT2D eigenvalue weighted by Crippen LogP contribution is -2.39. The Kier molecular flexibility index (Phi) is 7.59. The van der Waals surface area contributed by atoms with Crippen LogP contribution in [0.5, 0.6) is 0 Å². The van der Waals surface area contributed by atoms with Gasteiger partial charge in [-0.1, -0.05) is 60.7 Å². The normalized spacial score (nSPS) is 12.8. The minimum atomic E-state index is -0.604. The molecule has 2 rings (SSSR count). The lowest BCUT2D eigenvalue weighted by atomic mass is 10.00. The van der Waals surface area contributed by atoms with E-state index in [9.17, 15) is 9.59 Å². The van der Waals surface area contributed by atoms with Gasteiger partial charge in [0.1, 0.15) is 5.60 Å². The van der Waals surface area contributed by atoms with Crippen LogP contribution in [0.25, 0.3) is 11.1 Å². The van der Waals surface area contributed by atoms with Crippen molar-refractivity contribution in [2.75, 3.05) is 7.11 Å². The molecular weight excluding hydrogens is 366 g/mol. The number of hydrogen-bond acceptors (Lipinski definition) is 4. The van der Waals surface area contributed by atoms with E-state index in [2.05, 4.69) is 17.4 Å². The number of hydrogen-bond donors (Lipinski definition) is 1. The molecular formula is C24H29NO4. The zero-order valence-corrected chi connectivity index (χ0v) is 17.7. The van der Waals surface area contributed by atoms with Gasteiger partial charge in [-0.15, -0.1) is 0 Å². The molecule has 0 aliphatic rings. The smallest absolute Gasteiger partial charge is 0.408 e. The number of esters is 1. The van der Waals surface area contributed by atoms with Crippen LogP contribution in [-0.2, 0) is 20.7 Å². The van der Waals surface area contributed by atoms with E-state index in [1.807, 2.05) is 42.5 Å². The molecule has 0 saturated heterocycles. The molecule has 0 heterocycles. The van der Waals surface area contributed by atoms with E-state index in [-0.39, 0.29) is 0 Å². The molecule has 1 N–H and O–H groups in total. The van der Waals surface area contributed by atoms with Crippen LogP contribution in [0.2, 0.25) is 0 Å². The fourth-order valence-corrected chi connectivity index (χ4v) is 2.86. The van der Waals surface area contributed by atoms with E-state index in [0.717, 1.165) is 16.7 Å². The van der Waals surface area contributed by atoms with E-state index < -0.39 is 23.7 Å². The van der Waals surface area contributed by atoms with Crippen LogP contribution in [0, 0.1) is 0 Å². The molecule has 2 aromatic rings. The summed E-state index contributed by atoms with van der Waals surface area (Å²) < 4.78 is 10.1. The van der Waals surface area contributed by atoms with Crippen molar-refractivity contribution in [3.05, 3.63) is 71.8 Å². The molecule has 0 aliphatic heterocycles. The molecule has 2 aromatic carbocycles. The molecule has 0 bridgehead atoms. The van der Waals surface area contributed by atoms with Crippen molar-refractivity contribution in [2.45, 2.75) is 45.8 Å². The van der Waals surface area contributed by atoms with Gasteiger partial charge in [0.25, 0.3) is 0 Å². The fourth-order valence-electron chi connectivity index (χ4n) is 2.86. The van der Waals surface area contributed by atoms with E-state index in [0.29, 0.717) is 12.0 Å². The van der Waals surface area contributed by atoms with Crippen molar-refractivity contribution < 1.29 is 19.1 Å². The minimum absolute atomic E-state index is 0.411. The monoisotopic (exact) mass is 395 g/mol. The molecule has 5 nitrogen and oxygen atoms in total. The number of benzene rings is 2. The van der Waals surface area contributed by atoms with Crippen molar-refractivity contribution in [1.29, 1.82) is 0 Å². The first-order valence-corrected chi connectivity index (χ1v) is 9.58. The van der Waals surface area contributed by atoms with Crippen LogP contribution in [0.3, 0.4) is 0 Å². The average Bonchev–Trinajstić information content (AvgIpc) is 2.67. The second-order valence-electron chi connectivity index (χ2n) is 7.86. The third kappa shape index (κ3) is 7.45. The highest BCUT2D eigenvalue weighted by Crippen LogP contribution is 2.20. The first-order chi connectivity index (χ1) is 13.7. The standard InChI is InChI=1S/C24H29NO4/c1-17(22(26)28-5)15-21(25-23(27)29-24(2,3)4)16-18-11-13-20(14-12-18)19-9-7-6-8-10-19/h6-15,21H,16H2,1-5H3,(H,25,27)/b17-15+/t21-/m0/s1. The number of rotatable bonds is 6. The largest absolute Gasteiger partial charge is 0.466 e. The van der Waals surface area contributed by atoms with Gasteiger partial charge in [0, 0.05) is 5.57 Å². The second kappa shape index (κ2) is 9.92. The summed E-state index contributed by atoms with van der Waals surface area (Å²) in [6.07, 6.45) is 1.68. The Bertz CT molecular complexity index is 849. The molecule has 0 spiro atoms. The Hall–Kier alpha value is -3.08. The summed E-state index contributed by atoms with van der Waals surface area (Å²) in [6, 6.07) is 17.8. The van der Waals surface area contributed by atoms with Crippen molar-refractivity contribution in [2.24, 2.45) is 0 Å². The lowest BCUT2D eigenvalue weighted by Gasteiger charge is -2.22. The van der Waals surface area contributed by atoms with Gasteiger partial charge in [-0.05, 0) is 50.8 Å². The van der Waals surface area contributed by atoms with Gasteiger partial charge < -0.3 is 14.8 Å². The Morgan fingerprint density at radius 3 is 2.14 bits per heavy atom. The molecule has 5 heteroatoms. The highest BCUT2D eigenvalue weighted by Gasteiger charge is 2.20. The van der Waals surface area contributed by atoms with Crippen LogP contribution in [0.15, 0.2) is 66.2 Å². The Morgan fingerprint density at radius 2 is 1.59 bits per heavy atom. The molecule has 0 saturated carbocycles. The molecule has 154 valence electrons. The Labute approximate surface area is 172 Å². The van der Waals surface area contributed by atoms with E-state index >= 15 is 0 Å². The Balaban J connectivity index is 2.17. The highest BCUT2D eigenvalue weighted by atomic mass is 16.6. The maximum atomic E-state index is 12.2. The maximum absolute atomic E-state index is 12.2. The predicted molar refractivity (Wildman–Crippen MR) is 115 cm³/mol. The number of methoxy groups -OCH3 is 1. The zero-order chi connectivity index (χ0) is 21.4. The Morgan fingerprint density at radius 1 is 1.00 bits per heavy atom. The fraction of sp³-hybridized carbons (Fsp3) is 0.333. The number of carbonyl (C=O) groups excluding carboxylic acids is 2. The topological polar surface area (TPSA) is 64.6 Å². The molecule has 1 atom stereocenters. The third-order valence-corrected chi connectivity index (χ3v) is 4.18. The van der Waals surface area contributed by atoms with Crippen LogP contribution in [0.4, 0.5) is 4.79 Å². The quantitative estimate of drug-likeness (QED) is 0.558. The van der Waals surface area contributed by atoms with Crippen molar-refractivity contribution in [1.82, 2.24) is 5.32 Å². The molecule has 1 amide bonds. The average molecular weight is 395 g/mol. The van der Waals surface area contributed by atoms with Crippen LogP contribution < -0.4 is 5.32 Å². The number of carbonyl (C=O) groups is 2. The predicted octanol–water partition coefficient (Wildman–Crippen LogP) is 4.91. The number of alkyl carbamates (subject to hydrolysis) is 1. The summed E-state index contributed by atoms with van der Waals surface area (Å²) in [5.74, 6) is -0.430. The van der Waals surface area contributed by atoms with E-state index in [1.54, 1.807) is 33.8 Å². The highest BCUT2D eigenvalue weighted by molar-refractivity contribution is 5.87. The number of ether oxygens (including phenoxy) is 2. The summed E-state index contributed by atoms with van der Waals surface area (Å²) in [5, 5.41) is 2.83. The van der Waals surface area contributed by atoms with E-state index in [1.165, 1.54) is 7.11 Å². The maximum Gasteiger partial charge on any atom is 0.408 e. The molecule has 29 heavy (non-hydrogen) atoms. The molecule has 0 aromatic heterocycles. The number of amides is 1. The van der Waals surface area contributed by atoms with Gasteiger partial charge in [0.2, 0.25) is 0 Å². The van der Waals surface area contributed by atoms with Gasteiger partial charge in [-0.2, -0.15) is 0 Å². The van der Waals surface area contributed by atoms with Gasteiger partial charge in [-0.25, -0.2) is 9.59 Å². The summed E-state index contributed by atoms with van der Waals surface area (Å²) >= 11 is 0.